The standard InChI is InChI=1S/C24H26N2O6/c1-14(2)22(23(30)25-15(12-27)11-21(28)29)26-24(31)32-13-20-18-9-5-3-7-16(18)17-8-4-6-10-19(17)20/h3-10,12,14-15,20,22H,11,13H2,1-2H3,(H,25,30)(H,26,31)(H,28,29)/t15-,22-/m0/s1. The van der Waals surface area contributed by atoms with Crippen LogP contribution in [0.3, 0.4) is 0 Å². The summed E-state index contributed by atoms with van der Waals surface area (Å²) in [5.74, 6) is -2.29. The van der Waals surface area contributed by atoms with Crippen LogP contribution in [0.1, 0.15) is 37.3 Å². The number of rotatable bonds is 9. The molecule has 2 atom stereocenters. The molecule has 3 N–H and O–H groups in total. The van der Waals surface area contributed by atoms with Gasteiger partial charge in [-0.05, 0) is 28.2 Å². The van der Waals surface area contributed by atoms with Crippen molar-refractivity contribution in [2.45, 2.75) is 38.3 Å². The van der Waals surface area contributed by atoms with Gasteiger partial charge in [0.15, 0.2) is 0 Å². The van der Waals surface area contributed by atoms with E-state index in [2.05, 4.69) is 10.6 Å². The summed E-state index contributed by atoms with van der Waals surface area (Å²) in [5.41, 5.74) is 4.36. The van der Waals surface area contributed by atoms with E-state index in [1.807, 2.05) is 48.5 Å². The average Bonchev–Trinajstić information content (AvgIpc) is 3.08. The molecule has 0 unspecified atom stereocenters. The van der Waals surface area contributed by atoms with Crippen LogP contribution in [0.15, 0.2) is 48.5 Å². The molecule has 0 spiro atoms. The number of carbonyl (C=O) groups excluding carboxylic acids is 3. The van der Waals surface area contributed by atoms with Crippen molar-refractivity contribution in [3.05, 3.63) is 59.7 Å². The molecule has 2 amide bonds. The van der Waals surface area contributed by atoms with Gasteiger partial charge in [-0.25, -0.2) is 4.79 Å². The summed E-state index contributed by atoms with van der Waals surface area (Å²) in [7, 11) is 0. The monoisotopic (exact) mass is 438 g/mol. The summed E-state index contributed by atoms with van der Waals surface area (Å²) in [5, 5.41) is 13.7. The van der Waals surface area contributed by atoms with E-state index in [1.165, 1.54) is 0 Å². The first-order valence-corrected chi connectivity index (χ1v) is 10.4. The van der Waals surface area contributed by atoms with Gasteiger partial charge < -0.3 is 25.3 Å². The van der Waals surface area contributed by atoms with E-state index < -0.39 is 36.5 Å². The summed E-state index contributed by atoms with van der Waals surface area (Å²) in [6.07, 6.45) is -0.941. The van der Waals surface area contributed by atoms with Crippen molar-refractivity contribution >= 4 is 24.3 Å². The quantitative estimate of drug-likeness (QED) is 0.518. The lowest BCUT2D eigenvalue weighted by atomic mass is 9.98. The Bertz CT molecular complexity index is 974. The molecule has 1 aliphatic carbocycles. The minimum absolute atomic E-state index is 0.0995. The van der Waals surface area contributed by atoms with E-state index in [-0.39, 0.29) is 18.4 Å². The third-order valence-electron chi connectivity index (χ3n) is 5.45. The maximum Gasteiger partial charge on any atom is 0.407 e. The molecule has 2 aromatic rings. The molecule has 0 aromatic heterocycles. The van der Waals surface area contributed by atoms with Gasteiger partial charge in [0.2, 0.25) is 5.91 Å². The fourth-order valence-electron chi connectivity index (χ4n) is 3.90. The fraction of sp³-hybridized carbons (Fsp3) is 0.333. The molecule has 1 aliphatic rings. The van der Waals surface area contributed by atoms with Crippen LogP contribution in [0.2, 0.25) is 0 Å². The molecule has 0 fully saturated rings. The molecule has 0 radical (unpaired) electrons. The third kappa shape index (κ3) is 5.14. The van der Waals surface area contributed by atoms with Gasteiger partial charge in [0.1, 0.15) is 18.9 Å². The Kier molecular flexibility index (Phi) is 7.25. The number of benzene rings is 2. The number of alkyl carbamates (subject to hydrolysis) is 1. The molecule has 8 nitrogen and oxygen atoms in total. The largest absolute Gasteiger partial charge is 0.481 e. The topological polar surface area (TPSA) is 122 Å². The summed E-state index contributed by atoms with van der Waals surface area (Å²) >= 11 is 0. The Morgan fingerprint density at radius 1 is 1.00 bits per heavy atom. The molecule has 0 saturated heterocycles. The highest BCUT2D eigenvalue weighted by atomic mass is 16.5. The lowest BCUT2D eigenvalue weighted by molar-refractivity contribution is -0.139. The van der Waals surface area contributed by atoms with Crippen LogP contribution >= 0.6 is 0 Å². The number of ether oxygens (including phenoxy) is 1. The normalized spacial score (nSPS) is 14.1. The second-order valence-electron chi connectivity index (χ2n) is 8.04. The molecule has 168 valence electrons. The molecule has 8 heteroatoms. The molecule has 0 aliphatic heterocycles. The molecular formula is C24H26N2O6. The molecule has 0 heterocycles. The second-order valence-corrected chi connectivity index (χ2v) is 8.04. The minimum atomic E-state index is -1.21. The first-order chi connectivity index (χ1) is 15.3. The van der Waals surface area contributed by atoms with Gasteiger partial charge in [-0.15, -0.1) is 0 Å². The summed E-state index contributed by atoms with van der Waals surface area (Å²) in [6.45, 7) is 3.55. The van der Waals surface area contributed by atoms with E-state index in [4.69, 9.17) is 9.84 Å². The predicted octanol–water partition coefficient (Wildman–Crippen LogP) is 2.71. The zero-order valence-corrected chi connectivity index (χ0v) is 17.9. The average molecular weight is 438 g/mol. The number of nitrogens with one attached hydrogen (secondary N) is 2. The van der Waals surface area contributed by atoms with Crippen LogP contribution in [0.5, 0.6) is 0 Å². The first kappa shape index (κ1) is 23.0. The number of carboxylic acid groups (broad SMARTS) is 1. The lowest BCUT2D eigenvalue weighted by Gasteiger charge is -2.23. The molecule has 2 aromatic carbocycles. The Morgan fingerprint density at radius 3 is 2.06 bits per heavy atom. The molecule has 0 saturated carbocycles. The van der Waals surface area contributed by atoms with Gasteiger partial charge in [0.05, 0.1) is 12.5 Å². The number of hydrogen-bond donors (Lipinski definition) is 3. The highest BCUT2D eigenvalue weighted by Gasteiger charge is 2.31. The SMILES string of the molecule is CC(C)[C@H](NC(=O)OCC1c2ccccc2-c2ccccc21)C(=O)N[C@H](C=O)CC(=O)O. The minimum Gasteiger partial charge on any atom is -0.481 e. The van der Waals surface area contributed by atoms with Crippen LogP contribution in [-0.2, 0) is 19.1 Å². The number of carbonyl (C=O) groups is 4. The second kappa shape index (κ2) is 10.1. The molecule has 3 rings (SSSR count). The van der Waals surface area contributed by atoms with Crippen LogP contribution in [-0.4, -0.2) is 48.1 Å². The summed E-state index contributed by atoms with van der Waals surface area (Å²) < 4.78 is 5.47. The fourth-order valence-corrected chi connectivity index (χ4v) is 3.90. The highest BCUT2D eigenvalue weighted by Crippen LogP contribution is 2.44. The van der Waals surface area contributed by atoms with Crippen molar-refractivity contribution < 1.29 is 29.0 Å². The van der Waals surface area contributed by atoms with E-state index in [1.54, 1.807) is 13.8 Å². The number of amides is 2. The Balaban J connectivity index is 1.65. The van der Waals surface area contributed by atoms with Crippen molar-refractivity contribution in [1.82, 2.24) is 10.6 Å². The van der Waals surface area contributed by atoms with Crippen LogP contribution in [0, 0.1) is 5.92 Å². The van der Waals surface area contributed by atoms with Crippen molar-refractivity contribution in [1.29, 1.82) is 0 Å². The van der Waals surface area contributed by atoms with Gasteiger partial charge in [-0.1, -0.05) is 62.4 Å². The van der Waals surface area contributed by atoms with E-state index >= 15 is 0 Å². The van der Waals surface area contributed by atoms with Crippen molar-refractivity contribution in [3.8, 4) is 11.1 Å². The summed E-state index contributed by atoms with van der Waals surface area (Å²) in [6, 6.07) is 13.7. The number of aliphatic carboxylic acids is 1. The number of hydrogen-bond acceptors (Lipinski definition) is 5. The zero-order valence-electron chi connectivity index (χ0n) is 17.9. The van der Waals surface area contributed by atoms with Crippen molar-refractivity contribution in [2.24, 2.45) is 5.92 Å². The van der Waals surface area contributed by atoms with Gasteiger partial charge >= 0.3 is 12.1 Å². The molecule has 0 bridgehead atoms. The maximum absolute atomic E-state index is 12.5. The van der Waals surface area contributed by atoms with E-state index in [9.17, 15) is 19.2 Å². The van der Waals surface area contributed by atoms with Gasteiger partial charge in [-0.3, -0.25) is 9.59 Å². The highest BCUT2D eigenvalue weighted by molar-refractivity contribution is 5.89. The molecular weight excluding hydrogens is 412 g/mol. The smallest absolute Gasteiger partial charge is 0.407 e. The summed E-state index contributed by atoms with van der Waals surface area (Å²) in [4.78, 5) is 46.9. The Hall–Kier alpha value is -3.68. The van der Waals surface area contributed by atoms with Crippen molar-refractivity contribution in [3.63, 3.8) is 0 Å². The van der Waals surface area contributed by atoms with Crippen LogP contribution in [0.25, 0.3) is 11.1 Å². The predicted molar refractivity (Wildman–Crippen MR) is 117 cm³/mol. The van der Waals surface area contributed by atoms with E-state index in [0.717, 1.165) is 22.3 Å². The van der Waals surface area contributed by atoms with Gasteiger partial charge in [-0.2, -0.15) is 0 Å². The number of aldehydes is 1. The number of fused-ring (bicyclic) bond motifs is 3. The Morgan fingerprint density at radius 2 is 1.56 bits per heavy atom. The zero-order chi connectivity index (χ0) is 23.3. The maximum atomic E-state index is 12.5. The van der Waals surface area contributed by atoms with Gasteiger partial charge in [0, 0.05) is 5.92 Å². The van der Waals surface area contributed by atoms with Gasteiger partial charge in [0.25, 0.3) is 0 Å². The van der Waals surface area contributed by atoms with Crippen LogP contribution in [0.4, 0.5) is 4.79 Å². The van der Waals surface area contributed by atoms with Crippen molar-refractivity contribution in [2.75, 3.05) is 6.61 Å². The third-order valence-corrected chi connectivity index (χ3v) is 5.45. The lowest BCUT2D eigenvalue weighted by Crippen LogP contribution is -2.53. The first-order valence-electron chi connectivity index (χ1n) is 10.4. The van der Waals surface area contributed by atoms with E-state index in [0.29, 0.717) is 6.29 Å². The van der Waals surface area contributed by atoms with Crippen LogP contribution < -0.4 is 10.6 Å². The molecule has 32 heavy (non-hydrogen) atoms. The number of carboxylic acids is 1. The Labute approximate surface area is 186 Å².